The molecule has 0 aliphatic carbocycles. The van der Waals surface area contributed by atoms with Crippen LogP contribution in [0.15, 0.2) is 48.7 Å². The minimum absolute atomic E-state index is 0.126. The molecule has 0 radical (unpaired) electrons. The van der Waals surface area contributed by atoms with Gasteiger partial charge in [-0.3, -0.25) is 14.5 Å². The van der Waals surface area contributed by atoms with E-state index >= 15 is 0 Å². The van der Waals surface area contributed by atoms with Gasteiger partial charge in [0.2, 0.25) is 0 Å². The van der Waals surface area contributed by atoms with E-state index in [1.54, 1.807) is 32.6 Å². The molecule has 1 fully saturated rings. The largest absolute Gasteiger partial charge is 0.497 e. The van der Waals surface area contributed by atoms with Crippen molar-refractivity contribution in [2.75, 3.05) is 57.2 Å². The molecular weight excluding hydrogens is 486 g/mol. The predicted molar refractivity (Wildman–Crippen MR) is 147 cm³/mol. The third-order valence-electron chi connectivity index (χ3n) is 6.59. The quantitative estimate of drug-likeness (QED) is 0.454. The van der Waals surface area contributed by atoms with Crippen LogP contribution < -0.4 is 30.3 Å². The molecule has 0 aromatic heterocycles. The van der Waals surface area contributed by atoms with Crippen molar-refractivity contribution in [3.05, 3.63) is 54.3 Å². The lowest BCUT2D eigenvalue weighted by molar-refractivity contribution is -0.137. The Morgan fingerprint density at radius 3 is 2.34 bits per heavy atom. The number of methoxy groups -OCH3 is 2. The molecule has 10 heteroatoms. The van der Waals surface area contributed by atoms with Crippen molar-refractivity contribution in [1.29, 1.82) is 0 Å². The van der Waals surface area contributed by atoms with Gasteiger partial charge in [-0.05, 0) is 57.2 Å². The lowest BCUT2D eigenvalue weighted by Crippen LogP contribution is -2.57. The second-order valence-corrected chi connectivity index (χ2v) is 10.1. The smallest absolute Gasteiger partial charge is 0.313 e. The summed E-state index contributed by atoms with van der Waals surface area (Å²) in [5.41, 5.74) is 2.63. The fraction of sp³-hybridized carbons (Fsp3) is 0.429. The molecule has 4 rings (SSSR count). The molecule has 2 aromatic rings. The SMILES string of the molecule is COc1ccc(N2CCN(CC(C)(C)NC(=O)C(=O)Nc3ccc(C4=COC(C)N4)c(OC)c3)CC2)cc1. The van der Waals surface area contributed by atoms with Gasteiger partial charge in [-0.2, -0.15) is 0 Å². The van der Waals surface area contributed by atoms with Crippen LogP contribution in [0.3, 0.4) is 0 Å². The zero-order chi connectivity index (χ0) is 27.3. The highest BCUT2D eigenvalue weighted by molar-refractivity contribution is 6.39. The number of carbonyl (C=O) groups is 2. The van der Waals surface area contributed by atoms with Gasteiger partial charge < -0.3 is 35.1 Å². The highest BCUT2D eigenvalue weighted by Crippen LogP contribution is 2.30. The lowest BCUT2D eigenvalue weighted by Gasteiger charge is -2.40. The van der Waals surface area contributed by atoms with E-state index in [0.29, 0.717) is 18.0 Å². The maximum Gasteiger partial charge on any atom is 0.313 e. The maximum atomic E-state index is 12.7. The van der Waals surface area contributed by atoms with Crippen LogP contribution in [0.25, 0.3) is 5.70 Å². The lowest BCUT2D eigenvalue weighted by atomic mass is 10.0. The first kappa shape index (κ1) is 27.1. The maximum absolute atomic E-state index is 12.7. The molecule has 3 N–H and O–H groups in total. The molecule has 2 aliphatic heterocycles. The van der Waals surface area contributed by atoms with Crippen molar-refractivity contribution in [2.24, 2.45) is 0 Å². The molecule has 1 atom stereocenters. The van der Waals surface area contributed by atoms with E-state index < -0.39 is 17.4 Å². The molecular formula is C28H37N5O5. The molecule has 2 aliphatic rings. The Labute approximate surface area is 223 Å². The highest BCUT2D eigenvalue weighted by atomic mass is 16.5. The van der Waals surface area contributed by atoms with E-state index in [4.69, 9.17) is 14.2 Å². The summed E-state index contributed by atoms with van der Waals surface area (Å²) in [6.07, 6.45) is 1.51. The van der Waals surface area contributed by atoms with Crippen LogP contribution in [0, 0.1) is 0 Å². The zero-order valence-electron chi connectivity index (χ0n) is 22.7. The number of hydrogen-bond acceptors (Lipinski definition) is 8. The second kappa shape index (κ2) is 11.6. The van der Waals surface area contributed by atoms with Crippen molar-refractivity contribution in [1.82, 2.24) is 15.5 Å². The van der Waals surface area contributed by atoms with Crippen LogP contribution in [-0.4, -0.2) is 75.4 Å². The van der Waals surface area contributed by atoms with Gasteiger partial charge in [0.15, 0.2) is 6.23 Å². The number of piperazine rings is 1. The van der Waals surface area contributed by atoms with Crippen LogP contribution in [0.4, 0.5) is 11.4 Å². The molecule has 0 spiro atoms. The van der Waals surface area contributed by atoms with Crippen molar-refractivity contribution < 1.29 is 23.8 Å². The Hall–Kier alpha value is -3.92. The van der Waals surface area contributed by atoms with Crippen LogP contribution in [0.1, 0.15) is 26.3 Å². The van der Waals surface area contributed by atoms with Gasteiger partial charge in [-0.25, -0.2) is 0 Å². The van der Waals surface area contributed by atoms with Gasteiger partial charge in [0.05, 0.1) is 19.9 Å². The van der Waals surface area contributed by atoms with Gasteiger partial charge in [-0.15, -0.1) is 0 Å². The molecule has 38 heavy (non-hydrogen) atoms. The van der Waals surface area contributed by atoms with Crippen molar-refractivity contribution in [3.8, 4) is 11.5 Å². The number of benzene rings is 2. The number of amides is 2. The number of hydrogen-bond donors (Lipinski definition) is 3. The van der Waals surface area contributed by atoms with Crippen LogP contribution in [0.5, 0.6) is 11.5 Å². The number of ether oxygens (including phenoxy) is 3. The summed E-state index contributed by atoms with van der Waals surface area (Å²) in [5, 5.41) is 8.75. The molecule has 204 valence electrons. The van der Waals surface area contributed by atoms with Crippen molar-refractivity contribution in [2.45, 2.75) is 32.5 Å². The number of nitrogens with zero attached hydrogens (tertiary/aromatic N) is 2. The summed E-state index contributed by atoms with van der Waals surface area (Å²) in [7, 11) is 3.21. The first-order valence-electron chi connectivity index (χ1n) is 12.7. The minimum Gasteiger partial charge on any atom is -0.497 e. The summed E-state index contributed by atoms with van der Waals surface area (Å²) in [6, 6.07) is 13.3. The van der Waals surface area contributed by atoms with Gasteiger partial charge in [0, 0.05) is 61.3 Å². The Bertz CT molecular complexity index is 1170. The van der Waals surface area contributed by atoms with Crippen LogP contribution >= 0.6 is 0 Å². The summed E-state index contributed by atoms with van der Waals surface area (Å²) in [6.45, 7) is 9.87. The second-order valence-electron chi connectivity index (χ2n) is 10.1. The Kier molecular flexibility index (Phi) is 8.31. The Morgan fingerprint density at radius 2 is 1.74 bits per heavy atom. The molecule has 2 aromatic carbocycles. The van der Waals surface area contributed by atoms with E-state index in [2.05, 4.69) is 37.9 Å². The van der Waals surface area contributed by atoms with Crippen LogP contribution in [0.2, 0.25) is 0 Å². The predicted octanol–water partition coefficient (Wildman–Crippen LogP) is 2.62. The zero-order valence-corrected chi connectivity index (χ0v) is 22.7. The molecule has 1 unspecified atom stereocenters. The van der Waals surface area contributed by atoms with E-state index in [9.17, 15) is 9.59 Å². The van der Waals surface area contributed by atoms with Gasteiger partial charge >= 0.3 is 11.8 Å². The molecule has 10 nitrogen and oxygen atoms in total. The fourth-order valence-electron chi connectivity index (χ4n) is 4.70. The van der Waals surface area contributed by atoms with Gasteiger partial charge in [0.1, 0.15) is 17.8 Å². The number of carbonyl (C=O) groups excluding carboxylic acids is 2. The highest BCUT2D eigenvalue weighted by Gasteiger charge is 2.29. The first-order valence-corrected chi connectivity index (χ1v) is 12.7. The standard InChI is InChI=1S/C28H37N5O5/c1-19-29-24(17-38-19)23-11-6-20(16-25(23)37-5)30-26(34)27(35)31-28(2,3)18-32-12-14-33(15-13-32)21-7-9-22(36-4)10-8-21/h6-11,16-17,19,29H,12-15,18H2,1-5H3,(H,30,34)(H,31,35). The van der Waals surface area contributed by atoms with E-state index in [1.807, 2.05) is 39.0 Å². The summed E-state index contributed by atoms with van der Waals surface area (Å²) < 4.78 is 16.1. The number of rotatable bonds is 8. The Balaban J connectivity index is 1.28. The van der Waals surface area contributed by atoms with Gasteiger partial charge in [-0.1, -0.05) is 0 Å². The third-order valence-corrected chi connectivity index (χ3v) is 6.59. The van der Waals surface area contributed by atoms with Crippen molar-refractivity contribution in [3.63, 3.8) is 0 Å². The monoisotopic (exact) mass is 523 g/mol. The summed E-state index contributed by atoms with van der Waals surface area (Å²) in [4.78, 5) is 30.0. The van der Waals surface area contributed by atoms with E-state index in [0.717, 1.165) is 43.2 Å². The van der Waals surface area contributed by atoms with Crippen molar-refractivity contribution >= 4 is 28.9 Å². The number of nitrogens with one attached hydrogen (secondary N) is 3. The first-order chi connectivity index (χ1) is 18.2. The topological polar surface area (TPSA) is 104 Å². The normalized spacial score (nSPS) is 17.7. The molecule has 0 bridgehead atoms. The summed E-state index contributed by atoms with van der Waals surface area (Å²) in [5.74, 6) is -0.0210. The number of anilines is 2. The third kappa shape index (κ3) is 6.69. The average Bonchev–Trinajstić information content (AvgIpc) is 3.34. The molecule has 2 amide bonds. The van der Waals surface area contributed by atoms with E-state index in [-0.39, 0.29) is 6.23 Å². The Morgan fingerprint density at radius 1 is 1.03 bits per heavy atom. The average molecular weight is 524 g/mol. The van der Waals surface area contributed by atoms with E-state index in [1.165, 1.54) is 5.69 Å². The summed E-state index contributed by atoms with van der Waals surface area (Å²) >= 11 is 0. The minimum atomic E-state index is -0.729. The fourth-order valence-corrected chi connectivity index (χ4v) is 4.70. The van der Waals surface area contributed by atoms with Gasteiger partial charge in [0.25, 0.3) is 0 Å². The van der Waals surface area contributed by atoms with Crippen LogP contribution in [-0.2, 0) is 14.3 Å². The molecule has 1 saturated heterocycles. The molecule has 0 saturated carbocycles. The molecule has 2 heterocycles.